The molecule has 1 aromatic heterocycles. The van der Waals surface area contributed by atoms with Gasteiger partial charge in [0.15, 0.2) is 0 Å². The summed E-state index contributed by atoms with van der Waals surface area (Å²) in [5.74, 6) is -0.303. The average molecular weight is 295 g/mol. The summed E-state index contributed by atoms with van der Waals surface area (Å²) in [6.45, 7) is 3.65. The summed E-state index contributed by atoms with van der Waals surface area (Å²) in [5, 5.41) is 3.76. The number of hydrogen-bond donors (Lipinski definition) is 1. The van der Waals surface area contributed by atoms with Crippen LogP contribution in [0.25, 0.3) is 0 Å². The van der Waals surface area contributed by atoms with Gasteiger partial charge in [-0.25, -0.2) is 0 Å². The zero-order valence-corrected chi connectivity index (χ0v) is 12.0. The van der Waals surface area contributed by atoms with E-state index in [2.05, 4.69) is 10.3 Å². The number of benzene rings is 1. The van der Waals surface area contributed by atoms with E-state index in [1.165, 1.54) is 6.20 Å². The van der Waals surface area contributed by atoms with Crippen molar-refractivity contribution in [2.45, 2.75) is 13.8 Å². The lowest BCUT2D eigenvalue weighted by molar-refractivity contribution is 0.102. The minimum atomic E-state index is -0.303. The topological polar surface area (TPSA) is 42.0 Å². The van der Waals surface area contributed by atoms with Crippen molar-refractivity contribution < 1.29 is 4.79 Å². The van der Waals surface area contributed by atoms with Gasteiger partial charge in [-0.2, -0.15) is 0 Å². The number of rotatable bonds is 2. The van der Waals surface area contributed by atoms with Gasteiger partial charge in [0.25, 0.3) is 5.91 Å². The van der Waals surface area contributed by atoms with E-state index in [0.717, 1.165) is 11.3 Å². The van der Waals surface area contributed by atoms with E-state index in [1.54, 1.807) is 24.3 Å². The third kappa shape index (κ3) is 3.06. The van der Waals surface area contributed by atoms with Crippen LogP contribution in [0, 0.1) is 13.8 Å². The standard InChI is InChI=1S/C14H12Cl2N2O/c1-8-6-12(16)10(7-17-8)14(19)18-13-5-3-4-11(15)9(13)2/h3-7H,1-2H3,(H,18,19). The number of nitrogens with one attached hydrogen (secondary N) is 1. The van der Waals surface area contributed by atoms with E-state index in [1.807, 2.05) is 13.8 Å². The SMILES string of the molecule is Cc1cc(Cl)c(C(=O)Nc2cccc(Cl)c2C)cn1. The maximum absolute atomic E-state index is 12.1. The molecule has 3 nitrogen and oxygen atoms in total. The summed E-state index contributed by atoms with van der Waals surface area (Å²) in [6, 6.07) is 6.99. The molecule has 0 bridgehead atoms. The fourth-order valence-corrected chi connectivity index (χ4v) is 2.09. The van der Waals surface area contributed by atoms with E-state index in [-0.39, 0.29) is 5.91 Å². The molecular formula is C14H12Cl2N2O. The Kier molecular flexibility index (Phi) is 4.08. The lowest BCUT2D eigenvalue weighted by Gasteiger charge is -2.10. The number of hydrogen-bond acceptors (Lipinski definition) is 2. The molecule has 98 valence electrons. The second-order valence-corrected chi connectivity index (χ2v) is 4.99. The van der Waals surface area contributed by atoms with E-state index in [9.17, 15) is 4.79 Å². The molecule has 0 aliphatic rings. The molecule has 0 unspecified atom stereocenters. The maximum atomic E-state index is 12.1. The van der Waals surface area contributed by atoms with Crippen molar-refractivity contribution in [1.29, 1.82) is 0 Å². The fraction of sp³-hybridized carbons (Fsp3) is 0.143. The van der Waals surface area contributed by atoms with Crippen LogP contribution in [0.1, 0.15) is 21.6 Å². The van der Waals surface area contributed by atoms with Crippen molar-refractivity contribution in [2.75, 3.05) is 5.32 Å². The number of carbonyl (C=O) groups excluding carboxylic acids is 1. The van der Waals surface area contributed by atoms with Crippen LogP contribution in [-0.4, -0.2) is 10.9 Å². The molecule has 0 atom stereocenters. The molecule has 1 N–H and O–H groups in total. The Morgan fingerprint density at radius 3 is 2.63 bits per heavy atom. The van der Waals surface area contributed by atoms with E-state index in [0.29, 0.717) is 21.3 Å². The predicted octanol–water partition coefficient (Wildman–Crippen LogP) is 4.26. The minimum Gasteiger partial charge on any atom is -0.322 e. The van der Waals surface area contributed by atoms with Crippen LogP contribution < -0.4 is 5.32 Å². The van der Waals surface area contributed by atoms with Gasteiger partial charge in [-0.15, -0.1) is 0 Å². The Morgan fingerprint density at radius 2 is 1.95 bits per heavy atom. The van der Waals surface area contributed by atoms with Crippen molar-refractivity contribution in [3.05, 3.63) is 57.3 Å². The summed E-state index contributed by atoms with van der Waals surface area (Å²) in [6.07, 6.45) is 1.47. The van der Waals surface area contributed by atoms with E-state index in [4.69, 9.17) is 23.2 Å². The Balaban J connectivity index is 2.28. The molecule has 5 heteroatoms. The van der Waals surface area contributed by atoms with Gasteiger partial charge < -0.3 is 5.32 Å². The first kappa shape index (κ1) is 13.8. The van der Waals surface area contributed by atoms with Crippen LogP contribution >= 0.6 is 23.2 Å². The van der Waals surface area contributed by atoms with Crippen molar-refractivity contribution in [2.24, 2.45) is 0 Å². The molecular weight excluding hydrogens is 283 g/mol. The van der Waals surface area contributed by atoms with Crippen molar-refractivity contribution in [1.82, 2.24) is 4.98 Å². The molecule has 0 aliphatic heterocycles. The quantitative estimate of drug-likeness (QED) is 0.899. The Hall–Kier alpha value is -1.58. The van der Waals surface area contributed by atoms with Crippen LogP contribution in [-0.2, 0) is 0 Å². The zero-order valence-electron chi connectivity index (χ0n) is 10.5. The molecule has 1 aromatic carbocycles. The molecule has 1 amide bonds. The number of halogens is 2. The predicted molar refractivity (Wildman–Crippen MR) is 78.1 cm³/mol. The number of pyridine rings is 1. The molecule has 0 saturated heterocycles. The van der Waals surface area contributed by atoms with Gasteiger partial charge in [-0.1, -0.05) is 29.3 Å². The molecule has 2 rings (SSSR count). The van der Waals surface area contributed by atoms with Gasteiger partial charge in [0.05, 0.1) is 10.6 Å². The highest BCUT2D eigenvalue weighted by molar-refractivity contribution is 6.34. The summed E-state index contributed by atoms with van der Waals surface area (Å²) < 4.78 is 0. The van der Waals surface area contributed by atoms with Crippen LogP contribution in [0.2, 0.25) is 10.0 Å². The first-order valence-electron chi connectivity index (χ1n) is 5.67. The number of aryl methyl sites for hydroxylation is 1. The van der Waals surface area contributed by atoms with Gasteiger partial charge in [0.1, 0.15) is 0 Å². The van der Waals surface area contributed by atoms with E-state index < -0.39 is 0 Å². The van der Waals surface area contributed by atoms with Crippen LogP contribution in [0.5, 0.6) is 0 Å². The molecule has 0 saturated carbocycles. The first-order valence-corrected chi connectivity index (χ1v) is 6.43. The summed E-state index contributed by atoms with van der Waals surface area (Å²) in [7, 11) is 0. The lowest BCUT2D eigenvalue weighted by Crippen LogP contribution is -2.14. The second-order valence-electron chi connectivity index (χ2n) is 4.17. The Labute approximate surface area is 121 Å². The van der Waals surface area contributed by atoms with E-state index >= 15 is 0 Å². The summed E-state index contributed by atoms with van der Waals surface area (Å²) >= 11 is 12.0. The van der Waals surface area contributed by atoms with Gasteiger partial charge in [-0.05, 0) is 37.6 Å². The molecule has 0 spiro atoms. The smallest absolute Gasteiger partial charge is 0.258 e. The number of carbonyl (C=O) groups is 1. The lowest BCUT2D eigenvalue weighted by atomic mass is 10.2. The fourth-order valence-electron chi connectivity index (χ4n) is 1.63. The second kappa shape index (κ2) is 5.59. The van der Waals surface area contributed by atoms with Crippen molar-refractivity contribution in [3.63, 3.8) is 0 Å². The molecule has 19 heavy (non-hydrogen) atoms. The number of amides is 1. The third-order valence-corrected chi connectivity index (χ3v) is 3.47. The zero-order chi connectivity index (χ0) is 14.0. The number of nitrogens with zero attached hydrogens (tertiary/aromatic N) is 1. The normalized spacial score (nSPS) is 10.3. The molecule has 1 heterocycles. The largest absolute Gasteiger partial charge is 0.322 e. The number of anilines is 1. The Bertz CT molecular complexity index is 641. The molecule has 0 radical (unpaired) electrons. The Morgan fingerprint density at radius 1 is 1.21 bits per heavy atom. The highest BCUT2D eigenvalue weighted by Gasteiger charge is 2.13. The van der Waals surface area contributed by atoms with Gasteiger partial charge in [-0.3, -0.25) is 9.78 Å². The average Bonchev–Trinajstić information content (AvgIpc) is 2.34. The maximum Gasteiger partial charge on any atom is 0.258 e. The summed E-state index contributed by atoms with van der Waals surface area (Å²) in [5.41, 5.74) is 2.58. The molecule has 0 aliphatic carbocycles. The summed E-state index contributed by atoms with van der Waals surface area (Å²) in [4.78, 5) is 16.2. The number of aromatic nitrogens is 1. The monoisotopic (exact) mass is 294 g/mol. The van der Waals surface area contributed by atoms with Crippen molar-refractivity contribution in [3.8, 4) is 0 Å². The first-order chi connectivity index (χ1) is 8.99. The molecule has 2 aromatic rings. The van der Waals surface area contributed by atoms with Gasteiger partial charge >= 0.3 is 0 Å². The van der Waals surface area contributed by atoms with Crippen LogP contribution in [0.15, 0.2) is 30.5 Å². The minimum absolute atomic E-state index is 0.303. The van der Waals surface area contributed by atoms with Crippen LogP contribution in [0.3, 0.4) is 0 Å². The van der Waals surface area contributed by atoms with Gasteiger partial charge in [0, 0.05) is 22.6 Å². The molecule has 0 fully saturated rings. The van der Waals surface area contributed by atoms with Gasteiger partial charge in [0.2, 0.25) is 0 Å². The third-order valence-electron chi connectivity index (χ3n) is 2.75. The highest BCUT2D eigenvalue weighted by Crippen LogP contribution is 2.24. The highest BCUT2D eigenvalue weighted by atomic mass is 35.5. The van der Waals surface area contributed by atoms with Crippen molar-refractivity contribution >= 4 is 34.8 Å². The van der Waals surface area contributed by atoms with Crippen LogP contribution in [0.4, 0.5) is 5.69 Å².